The summed E-state index contributed by atoms with van der Waals surface area (Å²) in [6.45, 7) is 12.6. The molecule has 0 radical (unpaired) electrons. The van der Waals surface area contributed by atoms with Gasteiger partial charge in [-0.1, -0.05) is 37.8 Å². The Hall–Kier alpha value is -3.47. The number of benzene rings is 3. The van der Waals surface area contributed by atoms with Gasteiger partial charge in [0, 0.05) is 67.5 Å². The molecule has 8 nitrogen and oxygen atoms in total. The van der Waals surface area contributed by atoms with Crippen LogP contribution in [0.25, 0.3) is 33.4 Å². The maximum absolute atomic E-state index is 12.4. The maximum atomic E-state index is 12.4. The van der Waals surface area contributed by atoms with Gasteiger partial charge < -0.3 is 14.1 Å². The van der Waals surface area contributed by atoms with Gasteiger partial charge in [-0.25, -0.2) is 0 Å². The van der Waals surface area contributed by atoms with Crippen LogP contribution in [0.1, 0.15) is 20.3 Å². The molecule has 0 saturated heterocycles. The van der Waals surface area contributed by atoms with Crippen molar-refractivity contribution in [2.24, 2.45) is 0 Å². The molecule has 0 saturated carbocycles. The summed E-state index contributed by atoms with van der Waals surface area (Å²) < 4.78 is 48.6. The fourth-order valence-corrected chi connectivity index (χ4v) is 6.52. The van der Waals surface area contributed by atoms with E-state index >= 15 is 0 Å². The molecular formula is C31H39N2O6SSi+. The Balaban J connectivity index is 1.89. The number of hydrogen-bond acceptors (Lipinski definition) is 6. The lowest BCUT2D eigenvalue weighted by Crippen LogP contribution is -2.30. The summed E-state index contributed by atoms with van der Waals surface area (Å²) in [5.41, 5.74) is 3.28. The first-order valence-corrected chi connectivity index (χ1v) is 19.0. The number of hydrogen-bond donors (Lipinski definition) is 1. The molecule has 1 N–H and O–H groups in total. The van der Waals surface area contributed by atoms with Crippen LogP contribution >= 0.6 is 0 Å². The molecule has 0 atom stereocenters. The molecule has 218 valence electrons. The second-order valence-electron chi connectivity index (χ2n) is 11.4. The highest BCUT2D eigenvalue weighted by Crippen LogP contribution is 2.42. The van der Waals surface area contributed by atoms with Crippen molar-refractivity contribution in [3.8, 4) is 22.5 Å². The lowest BCUT2D eigenvalue weighted by atomic mass is 9.93. The van der Waals surface area contributed by atoms with Gasteiger partial charge in [0.05, 0.1) is 6.07 Å². The summed E-state index contributed by atoms with van der Waals surface area (Å²) >= 11 is 0. The predicted molar refractivity (Wildman–Crippen MR) is 167 cm³/mol. The van der Waals surface area contributed by atoms with E-state index in [9.17, 15) is 17.8 Å². The highest BCUT2D eigenvalue weighted by atomic mass is 32.2. The molecular weight excluding hydrogens is 557 g/mol. The van der Waals surface area contributed by atoms with Gasteiger partial charge in [-0.2, -0.15) is 13.0 Å². The normalized spacial score (nSPS) is 13.0. The number of rotatable bonds is 10. The Kier molecular flexibility index (Phi) is 9.06. The van der Waals surface area contributed by atoms with Crippen molar-refractivity contribution >= 4 is 40.8 Å². The smallest absolute Gasteiger partial charge is 0.310 e. The highest BCUT2D eigenvalue weighted by Gasteiger charge is 2.24. The van der Waals surface area contributed by atoms with E-state index in [0.717, 1.165) is 35.6 Å². The summed E-state index contributed by atoms with van der Waals surface area (Å²) in [6.07, 6.45) is 0.411. The first-order valence-electron chi connectivity index (χ1n) is 13.8. The minimum absolute atomic E-state index is 0.0914. The third kappa shape index (κ3) is 7.06. The average Bonchev–Trinajstić information content (AvgIpc) is 2.93. The van der Waals surface area contributed by atoms with Gasteiger partial charge in [-0.3, -0.25) is 9.35 Å². The van der Waals surface area contributed by atoms with E-state index in [4.69, 9.17) is 9.15 Å². The van der Waals surface area contributed by atoms with Crippen LogP contribution in [0.5, 0.6) is 0 Å². The molecule has 1 heterocycles. The molecule has 4 rings (SSSR count). The summed E-state index contributed by atoms with van der Waals surface area (Å²) in [5, 5.41) is 1.49. The quantitative estimate of drug-likeness (QED) is 0.0606. The molecule has 2 aromatic rings. The van der Waals surface area contributed by atoms with Crippen molar-refractivity contribution in [3.05, 3.63) is 66.0 Å². The number of carbonyl (C=O) groups excluding carboxylic acids is 1. The van der Waals surface area contributed by atoms with Gasteiger partial charge in [0.2, 0.25) is 5.36 Å². The van der Waals surface area contributed by atoms with Crippen molar-refractivity contribution in [1.82, 2.24) is 4.58 Å². The molecule has 2 aliphatic rings. The Morgan fingerprint density at radius 1 is 1.00 bits per heavy atom. The molecule has 0 unspecified atom stereocenters. The zero-order valence-corrected chi connectivity index (χ0v) is 26.4. The van der Waals surface area contributed by atoms with E-state index < -0.39 is 18.2 Å². The number of esters is 1. The molecule has 0 amide bonds. The minimum Gasteiger partial charge on any atom is -0.456 e. The van der Waals surface area contributed by atoms with Gasteiger partial charge in [0.25, 0.3) is 16.8 Å². The molecule has 0 spiro atoms. The predicted octanol–water partition coefficient (Wildman–Crippen LogP) is 5.93. The molecule has 1 aliphatic heterocycles. The monoisotopic (exact) mass is 595 g/mol. The standard InChI is InChI=1S/C31H38N2O6SSi/c1-7-33(8-2)23-14-16-25-28(20-23)39-27-19-22(32(3)21-38-30(34)17-18-41(4,5)6)13-15-24(27)31(25)26-11-9-10-12-29(26)40(35,36)37/h9-16,19-20H,7-8,17-18,21H2,1-6H3/p+1. The van der Waals surface area contributed by atoms with Crippen LogP contribution in [0.4, 0.5) is 5.69 Å². The van der Waals surface area contributed by atoms with Gasteiger partial charge >= 0.3 is 5.97 Å². The van der Waals surface area contributed by atoms with Crippen molar-refractivity contribution in [1.29, 1.82) is 0 Å². The summed E-state index contributed by atoms with van der Waals surface area (Å²) in [7, 11) is -4.00. The lowest BCUT2D eigenvalue weighted by Gasteiger charge is -2.22. The summed E-state index contributed by atoms with van der Waals surface area (Å²) in [6, 6.07) is 18.8. The van der Waals surface area contributed by atoms with Gasteiger partial charge in [0.1, 0.15) is 23.3 Å². The topological polar surface area (TPSA) is 100 Å². The fourth-order valence-electron chi connectivity index (χ4n) is 4.87. The first kappa shape index (κ1) is 30.5. The Labute approximate surface area is 243 Å². The molecule has 41 heavy (non-hydrogen) atoms. The van der Waals surface area contributed by atoms with Gasteiger partial charge in [-0.15, -0.1) is 0 Å². The van der Waals surface area contributed by atoms with E-state index in [1.807, 2.05) is 48.0 Å². The zero-order valence-electron chi connectivity index (χ0n) is 24.6. The first-order chi connectivity index (χ1) is 19.3. The van der Waals surface area contributed by atoms with Crippen LogP contribution in [0.15, 0.2) is 70.0 Å². The van der Waals surface area contributed by atoms with E-state index in [1.165, 1.54) is 6.07 Å². The lowest BCUT2D eigenvalue weighted by molar-refractivity contribution is -0.144. The van der Waals surface area contributed by atoms with E-state index in [1.54, 1.807) is 18.2 Å². The Morgan fingerprint density at radius 2 is 1.71 bits per heavy atom. The van der Waals surface area contributed by atoms with Crippen molar-refractivity contribution in [3.63, 3.8) is 0 Å². The highest BCUT2D eigenvalue weighted by molar-refractivity contribution is 7.86. The molecule has 10 heteroatoms. The summed E-state index contributed by atoms with van der Waals surface area (Å²) in [4.78, 5) is 14.3. The molecule has 2 aromatic carbocycles. The molecule has 0 aromatic heterocycles. The maximum Gasteiger partial charge on any atom is 0.310 e. The van der Waals surface area contributed by atoms with Crippen LogP contribution in [0.3, 0.4) is 0 Å². The number of anilines is 1. The summed E-state index contributed by atoms with van der Waals surface area (Å²) in [5.74, 6) is 0.313. The molecule has 0 fully saturated rings. The third-order valence-corrected chi connectivity index (χ3v) is 9.85. The Morgan fingerprint density at radius 3 is 2.37 bits per heavy atom. The molecule has 0 bridgehead atoms. The third-order valence-electron chi connectivity index (χ3n) is 7.19. The largest absolute Gasteiger partial charge is 0.456 e. The van der Waals surface area contributed by atoms with E-state index in [-0.39, 0.29) is 17.6 Å². The van der Waals surface area contributed by atoms with Gasteiger partial charge in [-0.05, 0) is 44.2 Å². The minimum atomic E-state index is -4.49. The van der Waals surface area contributed by atoms with Crippen LogP contribution in [-0.2, 0) is 19.6 Å². The SMILES string of the molecule is CCN(CC)c1ccc2c(-c3ccccc3S(=O)(=O)O)c3cc/c(=[N+](/C)COC(=O)CC[Si](C)(C)C)cc-3oc2c1. The number of carbonyl (C=O) groups is 1. The van der Waals surface area contributed by atoms with Crippen LogP contribution in [0.2, 0.25) is 25.7 Å². The van der Waals surface area contributed by atoms with Crippen molar-refractivity contribution in [2.45, 2.75) is 50.8 Å². The molecule has 1 aliphatic carbocycles. The Bertz CT molecular complexity index is 1720. The van der Waals surface area contributed by atoms with Crippen LogP contribution < -0.4 is 14.8 Å². The fraction of sp³-hybridized carbons (Fsp3) is 0.355. The zero-order chi connectivity index (χ0) is 29.9. The van der Waals surface area contributed by atoms with Crippen molar-refractivity contribution < 1.29 is 26.9 Å². The van der Waals surface area contributed by atoms with E-state index in [0.29, 0.717) is 34.5 Å². The van der Waals surface area contributed by atoms with Crippen molar-refractivity contribution in [2.75, 3.05) is 31.8 Å². The second-order valence-corrected chi connectivity index (χ2v) is 18.4. The van der Waals surface area contributed by atoms with Crippen LogP contribution in [0, 0.1) is 0 Å². The number of ether oxygens (including phenoxy) is 1. The average molecular weight is 596 g/mol. The number of fused-ring (bicyclic) bond motifs is 2. The number of nitrogens with zero attached hydrogens (tertiary/aromatic N) is 2. The van der Waals surface area contributed by atoms with Crippen LogP contribution in [-0.4, -0.2) is 53.9 Å². The second kappa shape index (κ2) is 12.2. The van der Waals surface area contributed by atoms with E-state index in [2.05, 4.69) is 38.4 Å². The van der Waals surface area contributed by atoms with Gasteiger partial charge in [0.15, 0.2) is 0 Å².